The van der Waals surface area contributed by atoms with Gasteiger partial charge in [0, 0.05) is 36.1 Å². The van der Waals surface area contributed by atoms with Crippen LogP contribution in [0, 0.1) is 5.92 Å². The molecule has 2 nitrogen and oxygen atoms in total. The molecule has 2 heterocycles. The third-order valence-electron chi connectivity index (χ3n) is 4.07. The normalized spacial score (nSPS) is 32.6. The van der Waals surface area contributed by atoms with Gasteiger partial charge >= 0.3 is 0 Å². The lowest BCUT2D eigenvalue weighted by Crippen LogP contribution is -2.55. The molecular formula is C14H22N2S. The van der Waals surface area contributed by atoms with Crippen molar-refractivity contribution in [1.82, 2.24) is 10.2 Å². The number of hydrogen-bond donors (Lipinski definition) is 1. The lowest BCUT2D eigenvalue weighted by atomic mass is 10.0. The molecule has 1 N–H and O–H groups in total. The summed E-state index contributed by atoms with van der Waals surface area (Å²) in [5, 5.41) is 5.81. The van der Waals surface area contributed by atoms with Gasteiger partial charge in [0.25, 0.3) is 0 Å². The first-order valence-electron chi connectivity index (χ1n) is 6.78. The first-order valence-corrected chi connectivity index (χ1v) is 7.66. The number of rotatable bonds is 3. The van der Waals surface area contributed by atoms with Crippen LogP contribution in [-0.2, 0) is 0 Å². The molecule has 3 rings (SSSR count). The Morgan fingerprint density at radius 1 is 1.41 bits per heavy atom. The zero-order valence-electron chi connectivity index (χ0n) is 10.7. The van der Waals surface area contributed by atoms with Gasteiger partial charge in [-0.1, -0.05) is 6.07 Å². The average Bonchev–Trinajstić information content (AvgIpc) is 2.99. The standard InChI is InChI=1S/C14H22N2S/c1-10-9-16(11(2)8-15-10)14(12-5-6-12)13-4-3-7-17-13/h3-4,7,10-12,14-15H,5-6,8-9H2,1-2H3. The third kappa shape index (κ3) is 2.42. The highest BCUT2D eigenvalue weighted by Crippen LogP contribution is 2.46. The molecular weight excluding hydrogens is 228 g/mol. The van der Waals surface area contributed by atoms with Crippen LogP contribution in [0.4, 0.5) is 0 Å². The Balaban J connectivity index is 1.82. The van der Waals surface area contributed by atoms with Crippen LogP contribution in [0.3, 0.4) is 0 Å². The van der Waals surface area contributed by atoms with Gasteiger partial charge < -0.3 is 5.32 Å². The molecule has 17 heavy (non-hydrogen) atoms. The van der Waals surface area contributed by atoms with Crippen LogP contribution in [0.15, 0.2) is 17.5 Å². The first kappa shape index (κ1) is 11.7. The molecule has 1 aromatic rings. The summed E-state index contributed by atoms with van der Waals surface area (Å²) in [5.41, 5.74) is 0. The summed E-state index contributed by atoms with van der Waals surface area (Å²) in [6.45, 7) is 7.00. The van der Waals surface area contributed by atoms with Crippen LogP contribution >= 0.6 is 11.3 Å². The van der Waals surface area contributed by atoms with Gasteiger partial charge in [0.15, 0.2) is 0 Å². The van der Waals surface area contributed by atoms with Crippen molar-refractivity contribution in [3.05, 3.63) is 22.4 Å². The molecule has 0 bridgehead atoms. The number of nitrogens with one attached hydrogen (secondary N) is 1. The predicted octanol–water partition coefficient (Wildman–Crippen LogP) is 2.88. The molecule has 0 amide bonds. The maximum absolute atomic E-state index is 3.58. The summed E-state index contributed by atoms with van der Waals surface area (Å²) in [7, 11) is 0. The molecule has 3 atom stereocenters. The van der Waals surface area contributed by atoms with Gasteiger partial charge in [-0.2, -0.15) is 0 Å². The molecule has 1 saturated heterocycles. The largest absolute Gasteiger partial charge is 0.311 e. The summed E-state index contributed by atoms with van der Waals surface area (Å²) in [6, 6.07) is 6.51. The van der Waals surface area contributed by atoms with E-state index < -0.39 is 0 Å². The van der Waals surface area contributed by atoms with Gasteiger partial charge in [-0.15, -0.1) is 11.3 Å². The van der Waals surface area contributed by atoms with Gasteiger partial charge in [-0.05, 0) is 44.1 Å². The van der Waals surface area contributed by atoms with E-state index in [0.29, 0.717) is 18.1 Å². The molecule has 3 unspecified atom stereocenters. The number of hydrogen-bond acceptors (Lipinski definition) is 3. The highest BCUT2D eigenvalue weighted by Gasteiger charge is 2.40. The van der Waals surface area contributed by atoms with Gasteiger partial charge in [0.1, 0.15) is 0 Å². The molecule has 94 valence electrons. The minimum Gasteiger partial charge on any atom is -0.311 e. The van der Waals surface area contributed by atoms with Gasteiger partial charge in [0.2, 0.25) is 0 Å². The zero-order chi connectivity index (χ0) is 11.8. The van der Waals surface area contributed by atoms with Crippen molar-refractivity contribution >= 4 is 11.3 Å². The van der Waals surface area contributed by atoms with Gasteiger partial charge in [0.05, 0.1) is 0 Å². The van der Waals surface area contributed by atoms with Crippen molar-refractivity contribution in [3.63, 3.8) is 0 Å². The van der Waals surface area contributed by atoms with Crippen molar-refractivity contribution in [1.29, 1.82) is 0 Å². The van der Waals surface area contributed by atoms with E-state index in [4.69, 9.17) is 0 Å². The predicted molar refractivity (Wildman–Crippen MR) is 73.4 cm³/mol. The Hall–Kier alpha value is -0.380. The summed E-state index contributed by atoms with van der Waals surface area (Å²) in [4.78, 5) is 4.32. The Bertz CT molecular complexity index is 358. The van der Waals surface area contributed by atoms with E-state index in [2.05, 4.69) is 41.6 Å². The third-order valence-corrected chi connectivity index (χ3v) is 5.02. The second-order valence-corrected chi connectivity index (χ2v) is 6.63. The highest BCUT2D eigenvalue weighted by atomic mass is 32.1. The molecule has 3 heteroatoms. The van der Waals surface area contributed by atoms with Crippen molar-refractivity contribution in [3.8, 4) is 0 Å². The minimum atomic E-state index is 0.632. The van der Waals surface area contributed by atoms with E-state index in [1.165, 1.54) is 19.4 Å². The summed E-state index contributed by atoms with van der Waals surface area (Å²) < 4.78 is 0. The minimum absolute atomic E-state index is 0.632. The van der Waals surface area contributed by atoms with Crippen molar-refractivity contribution in [2.45, 2.75) is 44.8 Å². The summed E-state index contributed by atoms with van der Waals surface area (Å²) >= 11 is 1.93. The molecule has 1 aromatic heterocycles. The van der Waals surface area contributed by atoms with E-state index >= 15 is 0 Å². The van der Waals surface area contributed by atoms with Crippen LogP contribution in [0.25, 0.3) is 0 Å². The van der Waals surface area contributed by atoms with E-state index in [0.717, 1.165) is 12.5 Å². The molecule has 2 aliphatic rings. The van der Waals surface area contributed by atoms with Gasteiger partial charge in [-0.25, -0.2) is 0 Å². The molecule has 0 spiro atoms. The maximum Gasteiger partial charge on any atom is 0.0473 e. The summed E-state index contributed by atoms with van der Waals surface area (Å²) in [6.07, 6.45) is 2.85. The lowest BCUT2D eigenvalue weighted by Gasteiger charge is -2.42. The Labute approximate surface area is 108 Å². The van der Waals surface area contributed by atoms with Crippen LogP contribution in [0.5, 0.6) is 0 Å². The molecule has 0 radical (unpaired) electrons. The van der Waals surface area contributed by atoms with E-state index in [1.807, 2.05) is 11.3 Å². The van der Waals surface area contributed by atoms with E-state index in [-0.39, 0.29) is 0 Å². The summed E-state index contributed by atoms with van der Waals surface area (Å²) in [5.74, 6) is 0.918. The number of thiophene rings is 1. The fourth-order valence-electron chi connectivity index (χ4n) is 2.98. The van der Waals surface area contributed by atoms with Crippen molar-refractivity contribution in [2.24, 2.45) is 5.92 Å². The van der Waals surface area contributed by atoms with E-state index in [9.17, 15) is 0 Å². The van der Waals surface area contributed by atoms with Crippen LogP contribution in [-0.4, -0.2) is 30.1 Å². The fourth-order valence-corrected chi connectivity index (χ4v) is 3.91. The van der Waals surface area contributed by atoms with Gasteiger partial charge in [-0.3, -0.25) is 4.90 Å². The monoisotopic (exact) mass is 250 g/mol. The Morgan fingerprint density at radius 2 is 2.24 bits per heavy atom. The Morgan fingerprint density at radius 3 is 2.88 bits per heavy atom. The highest BCUT2D eigenvalue weighted by molar-refractivity contribution is 7.10. The second-order valence-electron chi connectivity index (χ2n) is 5.65. The molecule has 2 fully saturated rings. The maximum atomic E-state index is 3.58. The number of piperazine rings is 1. The number of nitrogens with zero attached hydrogens (tertiary/aromatic N) is 1. The zero-order valence-corrected chi connectivity index (χ0v) is 11.5. The first-order chi connectivity index (χ1) is 8.25. The smallest absolute Gasteiger partial charge is 0.0473 e. The topological polar surface area (TPSA) is 15.3 Å². The van der Waals surface area contributed by atoms with E-state index in [1.54, 1.807) is 4.88 Å². The fraction of sp³-hybridized carbons (Fsp3) is 0.714. The van der Waals surface area contributed by atoms with Crippen LogP contribution in [0.1, 0.15) is 37.6 Å². The molecule has 1 aliphatic carbocycles. The second kappa shape index (κ2) is 4.71. The lowest BCUT2D eigenvalue weighted by molar-refractivity contribution is 0.0845. The molecule has 1 aliphatic heterocycles. The van der Waals surface area contributed by atoms with Crippen LogP contribution < -0.4 is 5.32 Å². The average molecular weight is 250 g/mol. The van der Waals surface area contributed by atoms with Crippen molar-refractivity contribution < 1.29 is 0 Å². The van der Waals surface area contributed by atoms with Crippen LogP contribution in [0.2, 0.25) is 0 Å². The van der Waals surface area contributed by atoms with Crippen molar-refractivity contribution in [2.75, 3.05) is 13.1 Å². The quantitative estimate of drug-likeness (QED) is 0.887. The molecule has 0 aromatic carbocycles. The Kier molecular flexibility index (Phi) is 3.24. The molecule has 1 saturated carbocycles. The SMILES string of the molecule is CC1CN(C(c2cccs2)C2CC2)C(C)CN1.